The Morgan fingerprint density at radius 1 is 1.26 bits per heavy atom. The van der Waals surface area contributed by atoms with E-state index in [2.05, 4.69) is 5.10 Å². The quantitative estimate of drug-likeness (QED) is 0.860. The minimum atomic E-state index is -0.280. The highest BCUT2D eigenvalue weighted by Gasteiger charge is 2.25. The first-order chi connectivity index (χ1) is 10.6. The molecule has 23 heavy (non-hydrogen) atoms. The zero-order valence-corrected chi connectivity index (χ0v) is 14.6. The van der Waals surface area contributed by atoms with Crippen LogP contribution in [0.5, 0.6) is 0 Å². The smallest absolute Gasteiger partial charge is 0.257 e. The normalized spacial score (nSPS) is 13.0. The SMILES string of the molecule is Cc1c(C(=O)N(C)C(C)c2ccc(F)cc2)cnn1C(C)(C)C. The molecule has 0 radical (unpaired) electrons. The van der Waals surface area contributed by atoms with Crippen LogP contribution in [-0.4, -0.2) is 27.6 Å². The number of rotatable bonds is 3. The van der Waals surface area contributed by atoms with Gasteiger partial charge in [0.1, 0.15) is 5.82 Å². The summed E-state index contributed by atoms with van der Waals surface area (Å²) in [6, 6.07) is 6.07. The van der Waals surface area contributed by atoms with E-state index in [4.69, 9.17) is 0 Å². The van der Waals surface area contributed by atoms with Gasteiger partial charge in [-0.1, -0.05) is 12.1 Å². The lowest BCUT2D eigenvalue weighted by Crippen LogP contribution is -2.30. The number of halogens is 1. The molecule has 124 valence electrons. The molecule has 1 atom stereocenters. The van der Waals surface area contributed by atoms with Crippen molar-refractivity contribution in [2.24, 2.45) is 0 Å². The Balaban J connectivity index is 2.26. The van der Waals surface area contributed by atoms with Gasteiger partial charge in [0.25, 0.3) is 5.91 Å². The summed E-state index contributed by atoms with van der Waals surface area (Å²) in [6.45, 7) is 9.97. The monoisotopic (exact) mass is 317 g/mol. The molecular formula is C18H24FN3O. The molecular weight excluding hydrogens is 293 g/mol. The third kappa shape index (κ3) is 3.44. The van der Waals surface area contributed by atoms with Gasteiger partial charge in [-0.25, -0.2) is 4.39 Å². The lowest BCUT2D eigenvalue weighted by atomic mass is 10.1. The number of aromatic nitrogens is 2. The van der Waals surface area contributed by atoms with Crippen molar-refractivity contribution in [2.45, 2.75) is 46.2 Å². The van der Waals surface area contributed by atoms with E-state index in [-0.39, 0.29) is 23.3 Å². The second-order valence-electron chi connectivity index (χ2n) is 6.87. The van der Waals surface area contributed by atoms with Crippen LogP contribution in [0.25, 0.3) is 0 Å². The fourth-order valence-electron chi connectivity index (χ4n) is 2.63. The highest BCUT2D eigenvalue weighted by atomic mass is 19.1. The van der Waals surface area contributed by atoms with E-state index in [0.717, 1.165) is 11.3 Å². The molecule has 1 unspecified atom stereocenters. The number of nitrogens with zero attached hydrogens (tertiary/aromatic N) is 3. The molecule has 2 aromatic rings. The van der Waals surface area contributed by atoms with Crippen LogP contribution in [-0.2, 0) is 5.54 Å². The summed E-state index contributed by atoms with van der Waals surface area (Å²) in [5, 5.41) is 4.35. The molecule has 0 aliphatic rings. The lowest BCUT2D eigenvalue weighted by molar-refractivity contribution is 0.0741. The molecule has 0 aliphatic heterocycles. The molecule has 1 heterocycles. The van der Waals surface area contributed by atoms with E-state index in [0.29, 0.717) is 5.56 Å². The summed E-state index contributed by atoms with van der Waals surface area (Å²) in [4.78, 5) is 14.4. The van der Waals surface area contributed by atoms with Crippen molar-refractivity contribution in [3.05, 3.63) is 53.1 Å². The maximum absolute atomic E-state index is 13.1. The lowest BCUT2D eigenvalue weighted by Gasteiger charge is -2.26. The molecule has 0 aliphatic carbocycles. The van der Waals surface area contributed by atoms with Crippen LogP contribution in [0.15, 0.2) is 30.5 Å². The van der Waals surface area contributed by atoms with E-state index in [1.165, 1.54) is 12.1 Å². The van der Waals surface area contributed by atoms with Gasteiger partial charge in [0, 0.05) is 12.7 Å². The molecule has 1 amide bonds. The Labute approximate surface area is 136 Å². The van der Waals surface area contributed by atoms with E-state index in [9.17, 15) is 9.18 Å². The molecule has 2 rings (SSSR count). The molecule has 0 N–H and O–H groups in total. The minimum Gasteiger partial charge on any atom is -0.335 e. The molecule has 0 bridgehead atoms. The van der Waals surface area contributed by atoms with Crippen molar-refractivity contribution in [2.75, 3.05) is 7.05 Å². The number of carbonyl (C=O) groups is 1. The molecule has 0 saturated heterocycles. The van der Waals surface area contributed by atoms with Crippen LogP contribution < -0.4 is 0 Å². The predicted molar refractivity (Wildman–Crippen MR) is 88.9 cm³/mol. The number of hydrogen-bond acceptors (Lipinski definition) is 2. The van der Waals surface area contributed by atoms with Crippen LogP contribution in [0.1, 0.15) is 55.4 Å². The van der Waals surface area contributed by atoms with Crippen molar-refractivity contribution in [1.82, 2.24) is 14.7 Å². The first-order valence-corrected chi connectivity index (χ1v) is 7.70. The van der Waals surface area contributed by atoms with Crippen molar-refractivity contribution in [3.8, 4) is 0 Å². The van der Waals surface area contributed by atoms with Crippen LogP contribution in [0.4, 0.5) is 4.39 Å². The summed E-state index contributed by atoms with van der Waals surface area (Å²) < 4.78 is 14.9. The zero-order chi connectivity index (χ0) is 17.4. The average molecular weight is 317 g/mol. The Morgan fingerprint density at radius 2 is 1.83 bits per heavy atom. The van der Waals surface area contributed by atoms with Gasteiger partial charge in [0.05, 0.1) is 23.3 Å². The van der Waals surface area contributed by atoms with Gasteiger partial charge >= 0.3 is 0 Å². The topological polar surface area (TPSA) is 38.1 Å². The highest BCUT2D eigenvalue weighted by molar-refractivity contribution is 5.95. The summed E-state index contributed by atoms with van der Waals surface area (Å²) in [5.74, 6) is -0.368. The molecule has 4 nitrogen and oxygen atoms in total. The van der Waals surface area contributed by atoms with Crippen LogP contribution in [0.2, 0.25) is 0 Å². The van der Waals surface area contributed by atoms with Crippen molar-refractivity contribution >= 4 is 5.91 Å². The standard InChI is InChI=1S/C18H24FN3O/c1-12(14-7-9-15(19)10-8-14)21(6)17(23)16-11-20-22(13(16)2)18(3,4)5/h7-12H,1-6H3. The average Bonchev–Trinajstić information content (AvgIpc) is 2.87. The summed E-state index contributed by atoms with van der Waals surface area (Å²) >= 11 is 0. The number of amides is 1. The Morgan fingerprint density at radius 3 is 2.30 bits per heavy atom. The molecule has 1 aromatic carbocycles. The zero-order valence-electron chi connectivity index (χ0n) is 14.6. The van der Waals surface area contributed by atoms with Gasteiger partial charge in [0.2, 0.25) is 0 Å². The molecule has 0 saturated carbocycles. The van der Waals surface area contributed by atoms with Crippen LogP contribution in [0, 0.1) is 12.7 Å². The second kappa shape index (κ2) is 6.14. The molecule has 5 heteroatoms. The summed E-state index contributed by atoms with van der Waals surface area (Å²) in [7, 11) is 1.75. The Hall–Kier alpha value is -2.17. The highest BCUT2D eigenvalue weighted by Crippen LogP contribution is 2.24. The van der Waals surface area contributed by atoms with E-state index >= 15 is 0 Å². The fourth-order valence-corrected chi connectivity index (χ4v) is 2.63. The number of benzene rings is 1. The van der Waals surface area contributed by atoms with Crippen LogP contribution >= 0.6 is 0 Å². The van der Waals surface area contributed by atoms with Crippen molar-refractivity contribution in [3.63, 3.8) is 0 Å². The van der Waals surface area contributed by atoms with Crippen LogP contribution in [0.3, 0.4) is 0 Å². The fraction of sp³-hybridized carbons (Fsp3) is 0.444. The van der Waals surface area contributed by atoms with Crippen molar-refractivity contribution < 1.29 is 9.18 Å². The first kappa shape index (κ1) is 17.2. The number of hydrogen-bond donors (Lipinski definition) is 0. The largest absolute Gasteiger partial charge is 0.335 e. The molecule has 1 aromatic heterocycles. The van der Waals surface area contributed by atoms with Gasteiger partial charge < -0.3 is 4.90 Å². The third-order valence-corrected chi connectivity index (χ3v) is 4.13. The summed E-state index contributed by atoms with van der Waals surface area (Å²) in [5.41, 5.74) is 2.16. The van der Waals surface area contributed by atoms with Gasteiger partial charge in [-0.3, -0.25) is 9.48 Å². The first-order valence-electron chi connectivity index (χ1n) is 7.70. The molecule has 0 fully saturated rings. The number of carbonyl (C=O) groups excluding carboxylic acids is 1. The molecule has 0 spiro atoms. The van der Waals surface area contributed by atoms with Crippen molar-refractivity contribution in [1.29, 1.82) is 0 Å². The van der Waals surface area contributed by atoms with Gasteiger partial charge in [-0.2, -0.15) is 5.10 Å². The minimum absolute atomic E-state index is 0.0881. The Bertz CT molecular complexity index is 698. The Kier molecular flexibility index (Phi) is 4.59. The van der Waals surface area contributed by atoms with Gasteiger partial charge in [-0.05, 0) is 52.3 Å². The van der Waals surface area contributed by atoms with E-state index < -0.39 is 0 Å². The predicted octanol–water partition coefficient (Wildman–Crippen LogP) is 3.92. The summed E-state index contributed by atoms with van der Waals surface area (Å²) in [6.07, 6.45) is 1.62. The second-order valence-corrected chi connectivity index (χ2v) is 6.87. The maximum Gasteiger partial charge on any atom is 0.257 e. The maximum atomic E-state index is 13.1. The van der Waals surface area contributed by atoms with E-state index in [1.54, 1.807) is 30.3 Å². The third-order valence-electron chi connectivity index (χ3n) is 4.13. The van der Waals surface area contributed by atoms with E-state index in [1.807, 2.05) is 39.3 Å². The van der Waals surface area contributed by atoms with Gasteiger partial charge in [-0.15, -0.1) is 0 Å². The van der Waals surface area contributed by atoms with Gasteiger partial charge in [0.15, 0.2) is 0 Å².